The molecule has 0 radical (unpaired) electrons. The van der Waals surface area contributed by atoms with Gasteiger partial charge in [0.1, 0.15) is 0 Å². The van der Waals surface area contributed by atoms with E-state index < -0.39 is 6.03 Å². The Morgan fingerprint density at radius 1 is 1.40 bits per heavy atom. The van der Waals surface area contributed by atoms with Gasteiger partial charge in [-0.2, -0.15) is 0 Å². The zero-order chi connectivity index (χ0) is 10.8. The number of likely N-dealkylation sites (tertiary alicyclic amines) is 1. The largest absolute Gasteiger partial charge is 0.352 e. The highest BCUT2D eigenvalue weighted by molar-refractivity contribution is 5.80. The second-order valence-electron chi connectivity index (χ2n) is 4.13. The topological polar surface area (TPSA) is 87.5 Å². The first-order valence-corrected chi connectivity index (χ1v) is 5.22. The molecule has 4 N–H and O–H groups in total. The van der Waals surface area contributed by atoms with E-state index in [4.69, 9.17) is 5.73 Å². The van der Waals surface area contributed by atoms with Crippen molar-refractivity contribution >= 4 is 11.9 Å². The lowest BCUT2D eigenvalue weighted by molar-refractivity contribution is -0.136. The maximum absolute atomic E-state index is 11.8. The molecule has 6 heteroatoms. The predicted molar refractivity (Wildman–Crippen MR) is 54.1 cm³/mol. The van der Waals surface area contributed by atoms with Crippen LogP contribution < -0.4 is 16.4 Å². The van der Waals surface area contributed by atoms with Crippen LogP contribution in [0.15, 0.2) is 0 Å². The summed E-state index contributed by atoms with van der Waals surface area (Å²) in [5.41, 5.74) is 5.03. The van der Waals surface area contributed by atoms with Crippen LogP contribution in [0, 0.1) is 5.92 Å². The van der Waals surface area contributed by atoms with Crippen LogP contribution >= 0.6 is 0 Å². The molecule has 84 valence electrons. The highest BCUT2D eigenvalue weighted by atomic mass is 16.2. The van der Waals surface area contributed by atoms with Gasteiger partial charge in [0.15, 0.2) is 0 Å². The minimum Gasteiger partial charge on any atom is -0.352 e. The fraction of sp³-hybridized carbons (Fsp3) is 0.778. The van der Waals surface area contributed by atoms with Crippen LogP contribution in [0.1, 0.15) is 6.42 Å². The number of nitrogens with zero attached hydrogens (tertiary/aromatic N) is 1. The summed E-state index contributed by atoms with van der Waals surface area (Å²) in [6, 6.07) is -0.487. The highest BCUT2D eigenvalue weighted by Gasteiger charge is 2.33. The smallest absolute Gasteiger partial charge is 0.312 e. The minimum absolute atomic E-state index is 0.0273. The van der Waals surface area contributed by atoms with Crippen molar-refractivity contribution in [3.63, 3.8) is 0 Å². The van der Waals surface area contributed by atoms with E-state index in [1.54, 1.807) is 0 Å². The van der Waals surface area contributed by atoms with E-state index >= 15 is 0 Å². The van der Waals surface area contributed by atoms with E-state index in [0.717, 1.165) is 26.1 Å². The number of hydrogen-bond acceptors (Lipinski definition) is 3. The summed E-state index contributed by atoms with van der Waals surface area (Å²) < 4.78 is 0. The Morgan fingerprint density at radius 2 is 2.13 bits per heavy atom. The minimum atomic E-state index is -0.514. The van der Waals surface area contributed by atoms with Gasteiger partial charge < -0.3 is 21.3 Å². The van der Waals surface area contributed by atoms with Gasteiger partial charge in [0, 0.05) is 32.2 Å². The molecule has 15 heavy (non-hydrogen) atoms. The number of nitrogens with one attached hydrogen (secondary N) is 2. The molecule has 0 aliphatic carbocycles. The molecular formula is C9H16N4O2. The molecule has 2 fully saturated rings. The van der Waals surface area contributed by atoms with Crippen LogP contribution in [0.2, 0.25) is 0 Å². The quantitative estimate of drug-likeness (QED) is 0.519. The van der Waals surface area contributed by atoms with E-state index in [0.29, 0.717) is 6.54 Å². The molecule has 1 atom stereocenters. The van der Waals surface area contributed by atoms with Crippen molar-refractivity contribution < 1.29 is 9.59 Å². The second-order valence-corrected chi connectivity index (χ2v) is 4.13. The van der Waals surface area contributed by atoms with Crippen molar-refractivity contribution in [2.75, 3.05) is 26.2 Å². The number of amides is 3. The van der Waals surface area contributed by atoms with Gasteiger partial charge in [-0.3, -0.25) is 4.79 Å². The number of hydrogen-bond donors (Lipinski definition) is 3. The first-order chi connectivity index (χ1) is 7.16. The van der Waals surface area contributed by atoms with Crippen LogP contribution in [-0.2, 0) is 4.79 Å². The molecule has 0 aromatic rings. The van der Waals surface area contributed by atoms with E-state index in [1.807, 2.05) is 4.90 Å². The number of nitrogens with two attached hydrogens (primary N) is 1. The Labute approximate surface area is 88.2 Å². The highest BCUT2D eigenvalue weighted by Crippen LogP contribution is 2.15. The first-order valence-electron chi connectivity index (χ1n) is 5.22. The third-order valence-electron chi connectivity index (χ3n) is 2.98. The van der Waals surface area contributed by atoms with Gasteiger partial charge in [-0.1, -0.05) is 0 Å². The summed E-state index contributed by atoms with van der Waals surface area (Å²) in [6.45, 7) is 2.88. The maximum atomic E-state index is 11.8. The number of carbonyl (C=O) groups excluding carboxylic acids is 2. The van der Waals surface area contributed by atoms with Gasteiger partial charge in [0.2, 0.25) is 5.91 Å². The summed E-state index contributed by atoms with van der Waals surface area (Å²) in [5.74, 6) is 0.333. The molecule has 2 heterocycles. The Kier molecular flexibility index (Phi) is 2.77. The van der Waals surface area contributed by atoms with Gasteiger partial charge in [0.05, 0.1) is 5.92 Å². The molecule has 0 aromatic heterocycles. The molecule has 2 aliphatic heterocycles. The molecule has 2 saturated heterocycles. The Balaban J connectivity index is 1.81. The zero-order valence-corrected chi connectivity index (χ0v) is 8.53. The van der Waals surface area contributed by atoms with Crippen LogP contribution in [0.4, 0.5) is 4.79 Å². The summed E-state index contributed by atoms with van der Waals surface area (Å²) >= 11 is 0. The average Bonchev–Trinajstić information content (AvgIpc) is 2.48. The fourth-order valence-electron chi connectivity index (χ4n) is 2.00. The van der Waals surface area contributed by atoms with Gasteiger partial charge in [-0.25, -0.2) is 4.79 Å². The lowest BCUT2D eigenvalue weighted by atomic mass is 10.0. The number of primary amides is 1. The van der Waals surface area contributed by atoms with Gasteiger partial charge >= 0.3 is 6.03 Å². The van der Waals surface area contributed by atoms with Crippen LogP contribution in [0.3, 0.4) is 0 Å². The van der Waals surface area contributed by atoms with Crippen molar-refractivity contribution in [2.24, 2.45) is 11.7 Å². The van der Waals surface area contributed by atoms with Gasteiger partial charge in [-0.05, 0) is 6.42 Å². The fourth-order valence-corrected chi connectivity index (χ4v) is 2.00. The third-order valence-corrected chi connectivity index (χ3v) is 2.98. The average molecular weight is 212 g/mol. The van der Waals surface area contributed by atoms with Crippen molar-refractivity contribution in [1.82, 2.24) is 15.5 Å². The Hall–Kier alpha value is -1.30. The van der Waals surface area contributed by atoms with Crippen molar-refractivity contribution in [2.45, 2.75) is 12.5 Å². The normalized spacial score (nSPS) is 26.1. The number of urea groups is 1. The SMILES string of the molecule is NC(=O)NC1CCN(C(=O)C2CNC2)C1. The molecule has 0 saturated carbocycles. The van der Waals surface area contributed by atoms with Crippen molar-refractivity contribution in [3.8, 4) is 0 Å². The molecule has 3 amide bonds. The van der Waals surface area contributed by atoms with Crippen LogP contribution in [-0.4, -0.2) is 49.1 Å². The standard InChI is InChI=1S/C9H16N4O2/c10-9(15)12-7-1-2-13(5-7)8(14)6-3-11-4-6/h6-7,11H,1-5H2,(H3,10,12,15). The van der Waals surface area contributed by atoms with E-state index in [-0.39, 0.29) is 17.9 Å². The molecular weight excluding hydrogens is 196 g/mol. The Morgan fingerprint density at radius 3 is 2.67 bits per heavy atom. The third kappa shape index (κ3) is 2.20. The Bertz CT molecular complexity index is 277. The lowest BCUT2D eigenvalue weighted by Crippen LogP contribution is -2.52. The molecule has 0 spiro atoms. The second kappa shape index (κ2) is 4.06. The van der Waals surface area contributed by atoms with Crippen LogP contribution in [0.25, 0.3) is 0 Å². The summed E-state index contributed by atoms with van der Waals surface area (Å²) in [7, 11) is 0. The van der Waals surface area contributed by atoms with E-state index in [2.05, 4.69) is 10.6 Å². The van der Waals surface area contributed by atoms with Gasteiger partial charge in [0.25, 0.3) is 0 Å². The summed E-state index contributed by atoms with van der Waals surface area (Å²) in [4.78, 5) is 24.2. The number of rotatable bonds is 2. The maximum Gasteiger partial charge on any atom is 0.312 e. The van der Waals surface area contributed by atoms with Crippen molar-refractivity contribution in [1.29, 1.82) is 0 Å². The molecule has 6 nitrogen and oxygen atoms in total. The predicted octanol–water partition coefficient (Wildman–Crippen LogP) is -1.52. The van der Waals surface area contributed by atoms with E-state index in [1.165, 1.54) is 0 Å². The summed E-state index contributed by atoms with van der Waals surface area (Å²) in [5, 5.41) is 5.70. The van der Waals surface area contributed by atoms with E-state index in [9.17, 15) is 9.59 Å². The molecule has 1 unspecified atom stereocenters. The first kappa shape index (κ1) is 10.2. The molecule has 2 rings (SSSR count). The molecule has 2 aliphatic rings. The summed E-state index contributed by atoms with van der Waals surface area (Å²) in [6.07, 6.45) is 0.800. The molecule has 0 bridgehead atoms. The number of carbonyl (C=O) groups is 2. The van der Waals surface area contributed by atoms with Crippen molar-refractivity contribution in [3.05, 3.63) is 0 Å². The molecule has 0 aromatic carbocycles. The zero-order valence-electron chi connectivity index (χ0n) is 8.53. The monoisotopic (exact) mass is 212 g/mol. The van der Waals surface area contributed by atoms with Gasteiger partial charge in [-0.15, -0.1) is 0 Å². The lowest BCUT2D eigenvalue weighted by Gasteiger charge is -2.30. The van der Waals surface area contributed by atoms with Crippen LogP contribution in [0.5, 0.6) is 0 Å².